The molecule has 1 saturated heterocycles. The summed E-state index contributed by atoms with van der Waals surface area (Å²) in [5.74, 6) is -4.13. The Balaban J connectivity index is 1.78. The van der Waals surface area contributed by atoms with Crippen molar-refractivity contribution in [3.05, 3.63) is 22.3 Å². The van der Waals surface area contributed by atoms with E-state index in [1.807, 2.05) is 0 Å². The number of nitrogens with one attached hydrogen (secondary N) is 1. The van der Waals surface area contributed by atoms with Crippen molar-refractivity contribution in [3.8, 4) is 0 Å². The number of rotatable bonds is 9. The summed E-state index contributed by atoms with van der Waals surface area (Å²) in [6.07, 6.45) is 0. The number of fused-ring (bicyclic) bond motifs is 1. The van der Waals surface area contributed by atoms with Gasteiger partial charge in [-0.2, -0.15) is 0 Å². The third-order valence-corrected chi connectivity index (χ3v) is 6.34. The molecule has 0 aromatic carbocycles. The Morgan fingerprint density at radius 2 is 2.12 bits per heavy atom. The van der Waals surface area contributed by atoms with Crippen LogP contribution in [0.3, 0.4) is 0 Å². The second-order valence-electron chi connectivity index (χ2n) is 6.65. The second kappa shape index (κ2) is 9.86. The zero-order valence-electron chi connectivity index (χ0n) is 17.0. The summed E-state index contributed by atoms with van der Waals surface area (Å²) in [5.41, 5.74) is 10.3. The van der Waals surface area contributed by atoms with E-state index in [2.05, 4.69) is 15.5 Å². The number of aromatic nitrogens is 1. The quantitative estimate of drug-likeness (QED) is 0.129. The molecule has 1 fully saturated rings. The molecule has 2 atom stereocenters. The molecule has 0 aliphatic carbocycles. The monoisotopic (exact) mass is 498 g/mol. The van der Waals surface area contributed by atoms with Crippen molar-refractivity contribution < 1.29 is 38.7 Å². The van der Waals surface area contributed by atoms with Gasteiger partial charge in [-0.3, -0.25) is 24.1 Å². The van der Waals surface area contributed by atoms with Crippen LogP contribution < -0.4 is 16.8 Å². The lowest BCUT2D eigenvalue weighted by Crippen LogP contribution is -2.71. The summed E-state index contributed by atoms with van der Waals surface area (Å²) < 4.78 is 4.87. The van der Waals surface area contributed by atoms with E-state index in [4.69, 9.17) is 21.0 Å². The van der Waals surface area contributed by atoms with E-state index >= 15 is 0 Å². The first-order valence-electron chi connectivity index (χ1n) is 9.14. The van der Waals surface area contributed by atoms with Gasteiger partial charge in [0.25, 0.3) is 17.7 Å². The van der Waals surface area contributed by atoms with Crippen LogP contribution in [0, 0.1) is 0 Å². The third kappa shape index (κ3) is 5.23. The number of β-lactam (4-membered cyclic amide) rings is 1. The molecule has 0 bridgehead atoms. The lowest BCUT2D eigenvalue weighted by Gasteiger charge is -2.49. The summed E-state index contributed by atoms with van der Waals surface area (Å²) in [6, 6.07) is -1.07. The first kappa shape index (κ1) is 24.0. The number of nitrogen functional groups attached to an aromatic ring is 1. The average molecular weight is 498 g/mol. The van der Waals surface area contributed by atoms with Gasteiger partial charge < -0.3 is 31.5 Å². The molecule has 0 unspecified atom stereocenters. The van der Waals surface area contributed by atoms with Crippen molar-refractivity contribution in [2.24, 2.45) is 10.9 Å². The van der Waals surface area contributed by atoms with Crippen molar-refractivity contribution in [1.29, 1.82) is 0 Å². The van der Waals surface area contributed by atoms with Crippen molar-refractivity contribution in [3.63, 3.8) is 0 Å². The topological polar surface area (TPSA) is 217 Å². The molecule has 16 heteroatoms. The number of carboxylic acid groups (broad SMARTS) is 1. The lowest BCUT2D eigenvalue weighted by atomic mass is 10.0. The number of ether oxygens (including phenoxy) is 1. The van der Waals surface area contributed by atoms with Gasteiger partial charge in [0.15, 0.2) is 17.5 Å². The van der Waals surface area contributed by atoms with Crippen molar-refractivity contribution in [2.75, 3.05) is 24.7 Å². The summed E-state index contributed by atoms with van der Waals surface area (Å²) in [4.78, 5) is 69.0. The summed E-state index contributed by atoms with van der Waals surface area (Å²) in [5, 5.41) is 16.5. The van der Waals surface area contributed by atoms with Gasteiger partial charge in [-0.15, -0.1) is 23.1 Å². The highest BCUT2D eigenvalue weighted by molar-refractivity contribution is 8.00. The first-order valence-corrected chi connectivity index (χ1v) is 11.1. The van der Waals surface area contributed by atoms with Gasteiger partial charge in [0.2, 0.25) is 0 Å². The average Bonchev–Trinajstić information content (AvgIpc) is 3.17. The number of nitrogens with two attached hydrogens (primary N) is 2. The number of carbonyl (C=O) groups excluding carboxylic acids is 4. The van der Waals surface area contributed by atoms with Gasteiger partial charge in [0.1, 0.15) is 29.4 Å². The number of anilines is 1. The van der Waals surface area contributed by atoms with E-state index < -0.39 is 47.7 Å². The fourth-order valence-electron chi connectivity index (χ4n) is 2.95. The molecular formula is C17H18N6O8S2. The molecule has 176 valence electrons. The number of carbonyl (C=O) groups is 5. The molecule has 3 heterocycles. The number of thiazole rings is 1. The lowest BCUT2D eigenvalue weighted by molar-refractivity contribution is -0.150. The Kier molecular flexibility index (Phi) is 7.17. The van der Waals surface area contributed by atoms with E-state index in [1.54, 1.807) is 0 Å². The SMILES string of the molecule is CC(=O)OCC1=C(C(=O)O)N2C(=O)[C@@H](NC(=O)C(=NOCC(N)=O)c3csc(N)n3)[C@H]2SC1. The molecule has 3 rings (SSSR count). The summed E-state index contributed by atoms with van der Waals surface area (Å²) >= 11 is 2.22. The minimum absolute atomic E-state index is 0.0502. The number of hydrogen-bond acceptors (Lipinski definition) is 12. The van der Waals surface area contributed by atoms with Crippen molar-refractivity contribution >= 4 is 63.6 Å². The second-order valence-corrected chi connectivity index (χ2v) is 8.64. The van der Waals surface area contributed by atoms with Gasteiger partial charge in [0.05, 0.1) is 0 Å². The highest BCUT2D eigenvalue weighted by Crippen LogP contribution is 2.40. The van der Waals surface area contributed by atoms with E-state index in [0.717, 1.165) is 16.2 Å². The smallest absolute Gasteiger partial charge is 0.352 e. The normalized spacial score (nSPS) is 20.0. The number of carboxylic acids is 1. The molecule has 2 aliphatic rings. The first-order chi connectivity index (χ1) is 15.6. The predicted octanol–water partition coefficient (Wildman–Crippen LogP) is -1.77. The maximum atomic E-state index is 12.8. The highest BCUT2D eigenvalue weighted by Gasteiger charge is 2.54. The molecule has 0 saturated carbocycles. The van der Waals surface area contributed by atoms with Crippen LogP contribution in [0.5, 0.6) is 0 Å². The minimum Gasteiger partial charge on any atom is -0.477 e. The molecule has 0 spiro atoms. The maximum absolute atomic E-state index is 12.8. The van der Waals surface area contributed by atoms with Gasteiger partial charge in [-0.05, 0) is 0 Å². The molecule has 14 nitrogen and oxygen atoms in total. The van der Waals surface area contributed by atoms with Crippen LogP contribution in [0.15, 0.2) is 21.8 Å². The molecule has 1 aromatic rings. The van der Waals surface area contributed by atoms with Crippen LogP contribution in [0.2, 0.25) is 0 Å². The van der Waals surface area contributed by atoms with Crippen LogP contribution in [0.1, 0.15) is 12.6 Å². The zero-order chi connectivity index (χ0) is 24.3. The summed E-state index contributed by atoms with van der Waals surface area (Å²) in [7, 11) is 0. The van der Waals surface area contributed by atoms with Gasteiger partial charge in [-0.25, -0.2) is 9.78 Å². The van der Waals surface area contributed by atoms with Crippen LogP contribution in [0.25, 0.3) is 0 Å². The van der Waals surface area contributed by atoms with E-state index in [1.165, 1.54) is 24.1 Å². The van der Waals surface area contributed by atoms with Gasteiger partial charge in [0, 0.05) is 23.6 Å². The van der Waals surface area contributed by atoms with Crippen LogP contribution >= 0.6 is 23.1 Å². The minimum atomic E-state index is -1.36. The Morgan fingerprint density at radius 3 is 2.70 bits per heavy atom. The maximum Gasteiger partial charge on any atom is 0.352 e. The molecule has 0 radical (unpaired) electrons. The number of hydrogen-bond donors (Lipinski definition) is 4. The van der Waals surface area contributed by atoms with Gasteiger partial charge >= 0.3 is 11.9 Å². The largest absolute Gasteiger partial charge is 0.477 e. The number of aliphatic carboxylic acids is 1. The standard InChI is InChI=1S/C17H18N6O8S2/c1-6(24)30-2-7-4-32-15-11(14(27)23(15)12(7)16(28)29)21-13(26)10(22-31-3-9(18)25)8-5-33-17(19)20-8/h5,11,15H,2-4H2,1H3,(H2,18,25)(H2,19,20)(H,21,26)(H,28,29)/t11-,15-/m1/s1. The predicted molar refractivity (Wildman–Crippen MR) is 115 cm³/mol. The fraction of sp³-hybridized carbons (Fsp3) is 0.353. The molecule has 3 amide bonds. The Bertz CT molecular complexity index is 1080. The molecular weight excluding hydrogens is 480 g/mol. The van der Waals surface area contributed by atoms with E-state index in [9.17, 15) is 29.1 Å². The Hall–Kier alpha value is -3.66. The van der Waals surface area contributed by atoms with Crippen molar-refractivity contribution in [1.82, 2.24) is 15.2 Å². The summed E-state index contributed by atoms with van der Waals surface area (Å²) in [6.45, 7) is 0.321. The molecule has 2 aliphatic heterocycles. The number of esters is 1. The number of thioether (sulfide) groups is 1. The van der Waals surface area contributed by atoms with Crippen LogP contribution in [-0.2, 0) is 33.5 Å². The van der Waals surface area contributed by atoms with Crippen molar-refractivity contribution in [2.45, 2.75) is 18.3 Å². The number of oxime groups is 1. The number of primary amides is 1. The van der Waals surface area contributed by atoms with Crippen LogP contribution in [0.4, 0.5) is 5.13 Å². The molecule has 1 aromatic heterocycles. The van der Waals surface area contributed by atoms with Gasteiger partial charge in [-0.1, -0.05) is 5.16 Å². The van der Waals surface area contributed by atoms with Crippen LogP contribution in [-0.4, -0.2) is 80.7 Å². The zero-order valence-corrected chi connectivity index (χ0v) is 18.6. The number of amides is 3. The van der Waals surface area contributed by atoms with E-state index in [-0.39, 0.29) is 40.2 Å². The molecule has 6 N–H and O–H groups in total. The van der Waals surface area contributed by atoms with E-state index in [0.29, 0.717) is 0 Å². The number of nitrogens with zero attached hydrogens (tertiary/aromatic N) is 3. The highest BCUT2D eigenvalue weighted by atomic mass is 32.2. The molecule has 33 heavy (non-hydrogen) atoms. The fourth-order valence-corrected chi connectivity index (χ4v) is 4.83. The third-order valence-electron chi connectivity index (χ3n) is 4.33. The Labute approximate surface area is 193 Å². The Morgan fingerprint density at radius 1 is 1.39 bits per heavy atom.